The number of carbonyl (C=O) groups excluding carboxylic acids is 1. The van der Waals surface area contributed by atoms with Gasteiger partial charge in [-0.3, -0.25) is 9.69 Å². The first-order valence-electron chi connectivity index (χ1n) is 8.62. The summed E-state index contributed by atoms with van der Waals surface area (Å²) in [6.45, 7) is 4.92. The van der Waals surface area contributed by atoms with E-state index in [0.717, 1.165) is 56.3 Å². The van der Waals surface area contributed by atoms with Crippen LogP contribution in [0.4, 0.5) is 0 Å². The average molecular weight is 353 g/mol. The third-order valence-corrected chi connectivity index (χ3v) is 6.12. The first-order chi connectivity index (χ1) is 11.2. The summed E-state index contributed by atoms with van der Waals surface area (Å²) in [7, 11) is 0. The van der Waals surface area contributed by atoms with Crippen molar-refractivity contribution >= 4 is 29.3 Å². The first-order valence-corrected chi connectivity index (χ1v) is 9.98. The molecule has 5 heteroatoms. The Balaban J connectivity index is 1.36. The second-order valence-electron chi connectivity index (χ2n) is 6.45. The number of nitrogens with zero attached hydrogens (tertiary/aromatic N) is 2. The predicted octanol–water partition coefficient (Wildman–Crippen LogP) is 3.77. The first kappa shape index (κ1) is 17.1. The van der Waals surface area contributed by atoms with E-state index >= 15 is 0 Å². The average Bonchev–Trinajstić information content (AvgIpc) is 3.11. The minimum absolute atomic E-state index is 0.321. The zero-order valence-electron chi connectivity index (χ0n) is 13.5. The van der Waals surface area contributed by atoms with Gasteiger partial charge in [-0.05, 0) is 37.1 Å². The molecule has 1 saturated carbocycles. The van der Waals surface area contributed by atoms with Crippen molar-refractivity contribution in [1.29, 1.82) is 0 Å². The van der Waals surface area contributed by atoms with Gasteiger partial charge in [0.1, 0.15) is 0 Å². The second-order valence-corrected chi connectivity index (χ2v) is 8.06. The van der Waals surface area contributed by atoms with Crippen LogP contribution in [0.25, 0.3) is 0 Å². The van der Waals surface area contributed by atoms with Gasteiger partial charge in [0.05, 0.1) is 0 Å². The standard InChI is InChI=1S/C18H25ClN2OS/c19-16-5-7-17(8-6-16)23-14-13-20-9-11-21(12-10-20)18(22)15-3-1-2-4-15/h5-8,15H,1-4,9-14H2. The van der Waals surface area contributed by atoms with Crippen LogP contribution in [0.5, 0.6) is 0 Å². The second kappa shape index (κ2) is 8.41. The van der Waals surface area contributed by atoms with Gasteiger partial charge in [-0.25, -0.2) is 0 Å². The molecule has 1 aliphatic heterocycles. The molecular weight excluding hydrogens is 328 g/mol. The minimum Gasteiger partial charge on any atom is -0.340 e. The Labute approximate surface area is 148 Å². The van der Waals surface area contributed by atoms with Crippen LogP contribution in [-0.2, 0) is 4.79 Å². The number of hydrogen-bond donors (Lipinski definition) is 0. The van der Waals surface area contributed by atoms with Crippen molar-refractivity contribution in [1.82, 2.24) is 9.80 Å². The van der Waals surface area contributed by atoms with Crippen molar-refractivity contribution in [3.8, 4) is 0 Å². The molecule has 1 amide bonds. The molecule has 0 spiro atoms. The lowest BCUT2D eigenvalue weighted by molar-refractivity contribution is -0.137. The summed E-state index contributed by atoms with van der Waals surface area (Å²) in [6.07, 6.45) is 4.68. The molecule has 1 saturated heterocycles. The van der Waals surface area contributed by atoms with Crippen LogP contribution < -0.4 is 0 Å². The Bertz CT molecular complexity index is 508. The highest BCUT2D eigenvalue weighted by Gasteiger charge is 2.29. The maximum absolute atomic E-state index is 12.4. The fraction of sp³-hybridized carbons (Fsp3) is 0.611. The van der Waals surface area contributed by atoms with Crippen LogP contribution >= 0.6 is 23.4 Å². The zero-order valence-corrected chi connectivity index (χ0v) is 15.1. The molecule has 1 aromatic carbocycles. The van der Waals surface area contributed by atoms with Gasteiger partial charge < -0.3 is 4.90 Å². The van der Waals surface area contributed by atoms with Gasteiger partial charge in [0, 0.05) is 54.3 Å². The van der Waals surface area contributed by atoms with E-state index in [1.54, 1.807) is 0 Å². The predicted molar refractivity (Wildman–Crippen MR) is 97.2 cm³/mol. The molecule has 23 heavy (non-hydrogen) atoms. The van der Waals surface area contributed by atoms with Crippen molar-refractivity contribution in [2.45, 2.75) is 30.6 Å². The summed E-state index contributed by atoms with van der Waals surface area (Å²) >= 11 is 7.77. The molecule has 2 aliphatic rings. The lowest BCUT2D eigenvalue weighted by atomic mass is 10.1. The van der Waals surface area contributed by atoms with Crippen LogP contribution in [-0.4, -0.2) is 54.2 Å². The molecule has 1 heterocycles. The summed E-state index contributed by atoms with van der Waals surface area (Å²) in [5.74, 6) is 1.82. The van der Waals surface area contributed by atoms with Gasteiger partial charge >= 0.3 is 0 Å². The lowest BCUT2D eigenvalue weighted by Gasteiger charge is -2.35. The number of rotatable bonds is 5. The molecule has 0 radical (unpaired) electrons. The maximum atomic E-state index is 12.4. The summed E-state index contributed by atoms with van der Waals surface area (Å²) in [4.78, 5) is 18.3. The van der Waals surface area contributed by atoms with Crippen molar-refractivity contribution in [2.24, 2.45) is 5.92 Å². The van der Waals surface area contributed by atoms with Gasteiger partial charge in [0.25, 0.3) is 0 Å². The number of benzene rings is 1. The topological polar surface area (TPSA) is 23.6 Å². The van der Waals surface area contributed by atoms with Crippen molar-refractivity contribution in [3.63, 3.8) is 0 Å². The van der Waals surface area contributed by atoms with Crippen LogP contribution in [0.15, 0.2) is 29.2 Å². The smallest absolute Gasteiger partial charge is 0.225 e. The largest absolute Gasteiger partial charge is 0.340 e. The molecule has 1 aliphatic carbocycles. The van der Waals surface area contributed by atoms with Gasteiger partial charge in [-0.2, -0.15) is 0 Å². The molecule has 0 atom stereocenters. The summed E-state index contributed by atoms with van der Waals surface area (Å²) < 4.78 is 0. The Kier molecular flexibility index (Phi) is 6.26. The molecule has 0 bridgehead atoms. The number of thioether (sulfide) groups is 1. The highest BCUT2D eigenvalue weighted by atomic mass is 35.5. The number of amides is 1. The van der Waals surface area contributed by atoms with E-state index in [-0.39, 0.29) is 0 Å². The van der Waals surface area contributed by atoms with E-state index in [2.05, 4.69) is 21.9 Å². The van der Waals surface area contributed by atoms with E-state index in [4.69, 9.17) is 11.6 Å². The zero-order chi connectivity index (χ0) is 16.1. The summed E-state index contributed by atoms with van der Waals surface area (Å²) in [5, 5.41) is 0.789. The fourth-order valence-electron chi connectivity index (χ4n) is 3.45. The quantitative estimate of drug-likeness (QED) is 0.754. The van der Waals surface area contributed by atoms with Gasteiger partial charge in [-0.1, -0.05) is 24.4 Å². The molecule has 0 unspecified atom stereocenters. The van der Waals surface area contributed by atoms with Crippen LogP contribution in [0.2, 0.25) is 5.02 Å². The van der Waals surface area contributed by atoms with Gasteiger partial charge in [0.15, 0.2) is 0 Å². The fourth-order valence-corrected chi connectivity index (χ4v) is 4.49. The number of piperazine rings is 1. The third-order valence-electron chi connectivity index (χ3n) is 4.88. The molecule has 0 aromatic heterocycles. The van der Waals surface area contributed by atoms with E-state index in [9.17, 15) is 4.79 Å². The number of hydrogen-bond acceptors (Lipinski definition) is 3. The van der Waals surface area contributed by atoms with Crippen LogP contribution in [0.1, 0.15) is 25.7 Å². The van der Waals surface area contributed by atoms with E-state index < -0.39 is 0 Å². The van der Waals surface area contributed by atoms with Gasteiger partial charge in [0.2, 0.25) is 5.91 Å². The maximum Gasteiger partial charge on any atom is 0.225 e. The van der Waals surface area contributed by atoms with E-state index in [0.29, 0.717) is 11.8 Å². The van der Waals surface area contributed by atoms with E-state index in [1.807, 2.05) is 23.9 Å². The Morgan fingerprint density at radius 3 is 2.39 bits per heavy atom. The summed E-state index contributed by atoms with van der Waals surface area (Å²) in [6, 6.07) is 8.03. The van der Waals surface area contributed by atoms with Crippen LogP contribution in [0, 0.1) is 5.92 Å². The molecule has 0 N–H and O–H groups in total. The molecule has 1 aromatic rings. The van der Waals surface area contributed by atoms with Crippen molar-refractivity contribution in [2.75, 3.05) is 38.5 Å². The van der Waals surface area contributed by atoms with Crippen molar-refractivity contribution in [3.05, 3.63) is 29.3 Å². The minimum atomic E-state index is 0.321. The highest BCUT2D eigenvalue weighted by Crippen LogP contribution is 2.27. The molecular formula is C18H25ClN2OS. The highest BCUT2D eigenvalue weighted by molar-refractivity contribution is 7.99. The molecule has 2 fully saturated rings. The van der Waals surface area contributed by atoms with E-state index in [1.165, 1.54) is 17.7 Å². The SMILES string of the molecule is O=C(C1CCCC1)N1CCN(CCSc2ccc(Cl)cc2)CC1. The van der Waals surface area contributed by atoms with Crippen LogP contribution in [0.3, 0.4) is 0 Å². The van der Waals surface area contributed by atoms with Gasteiger partial charge in [-0.15, -0.1) is 11.8 Å². The van der Waals surface area contributed by atoms with Crippen molar-refractivity contribution < 1.29 is 4.79 Å². The molecule has 3 nitrogen and oxygen atoms in total. The Morgan fingerprint density at radius 2 is 1.74 bits per heavy atom. The molecule has 3 rings (SSSR count). The lowest BCUT2D eigenvalue weighted by Crippen LogP contribution is -2.50. The number of carbonyl (C=O) groups is 1. The number of halogens is 1. The normalized spacial score (nSPS) is 20.1. The molecule has 126 valence electrons. The Morgan fingerprint density at radius 1 is 1.09 bits per heavy atom. The monoisotopic (exact) mass is 352 g/mol. The third kappa shape index (κ3) is 4.88. The Hall–Kier alpha value is -0.710. The summed E-state index contributed by atoms with van der Waals surface area (Å²) in [5.41, 5.74) is 0.